The normalized spacial score (nSPS) is 10.3. The van der Waals surface area contributed by atoms with Crippen molar-refractivity contribution in [3.8, 4) is 11.5 Å². The van der Waals surface area contributed by atoms with Gasteiger partial charge in [0.1, 0.15) is 11.5 Å². The maximum atomic E-state index is 11.2. The van der Waals surface area contributed by atoms with Crippen LogP contribution in [0.4, 0.5) is 0 Å². The molecular formula is C12H16O3. The van der Waals surface area contributed by atoms with E-state index in [9.17, 15) is 15.0 Å². The SMILES string of the molecule is CCc1c(O)cc(C(C)=O)c(O)c1CC. The molecule has 0 aliphatic heterocycles. The first-order chi connectivity index (χ1) is 7.02. The minimum absolute atomic E-state index is 0.0136. The monoisotopic (exact) mass is 208 g/mol. The Labute approximate surface area is 89.4 Å². The molecule has 0 fully saturated rings. The van der Waals surface area contributed by atoms with Crippen LogP contribution in [-0.2, 0) is 12.8 Å². The van der Waals surface area contributed by atoms with E-state index in [0.717, 1.165) is 5.56 Å². The van der Waals surface area contributed by atoms with E-state index >= 15 is 0 Å². The number of ketones is 1. The molecule has 0 radical (unpaired) electrons. The average Bonchev–Trinajstić information content (AvgIpc) is 2.19. The molecule has 0 saturated carbocycles. The van der Waals surface area contributed by atoms with Gasteiger partial charge in [0.2, 0.25) is 0 Å². The lowest BCUT2D eigenvalue weighted by Crippen LogP contribution is -2.00. The van der Waals surface area contributed by atoms with Gasteiger partial charge < -0.3 is 10.2 Å². The van der Waals surface area contributed by atoms with E-state index in [1.807, 2.05) is 13.8 Å². The zero-order chi connectivity index (χ0) is 11.6. The van der Waals surface area contributed by atoms with Crippen molar-refractivity contribution in [2.45, 2.75) is 33.6 Å². The lowest BCUT2D eigenvalue weighted by atomic mass is 9.96. The van der Waals surface area contributed by atoms with Gasteiger partial charge >= 0.3 is 0 Å². The topological polar surface area (TPSA) is 57.5 Å². The first kappa shape index (κ1) is 11.6. The van der Waals surface area contributed by atoms with Crippen LogP contribution in [0.1, 0.15) is 42.3 Å². The summed E-state index contributed by atoms with van der Waals surface area (Å²) >= 11 is 0. The molecule has 1 aromatic carbocycles. The zero-order valence-corrected chi connectivity index (χ0v) is 9.29. The van der Waals surface area contributed by atoms with Crippen molar-refractivity contribution in [1.82, 2.24) is 0 Å². The molecule has 1 aromatic rings. The quantitative estimate of drug-likeness (QED) is 0.592. The summed E-state index contributed by atoms with van der Waals surface area (Å²) in [6.07, 6.45) is 1.24. The molecule has 0 unspecified atom stereocenters. The molecule has 0 spiro atoms. The number of carbonyl (C=O) groups excluding carboxylic acids is 1. The second kappa shape index (κ2) is 4.34. The fraction of sp³-hybridized carbons (Fsp3) is 0.417. The van der Waals surface area contributed by atoms with Crippen LogP contribution in [0.5, 0.6) is 11.5 Å². The summed E-state index contributed by atoms with van der Waals surface area (Å²) in [5, 5.41) is 19.6. The van der Waals surface area contributed by atoms with Crippen LogP contribution >= 0.6 is 0 Å². The van der Waals surface area contributed by atoms with Gasteiger partial charge in [0, 0.05) is 11.1 Å². The number of carbonyl (C=O) groups is 1. The standard InChI is InChI=1S/C12H16O3/c1-4-8-9(5-2)12(15)10(7(3)13)6-11(8)14/h6,14-15H,4-5H2,1-3H3. The molecule has 0 amide bonds. The summed E-state index contributed by atoms with van der Waals surface area (Å²) in [5.74, 6) is -0.128. The number of phenolic OH excluding ortho intramolecular Hbond substituents is 2. The van der Waals surface area contributed by atoms with Gasteiger partial charge in [0.05, 0.1) is 5.56 Å². The van der Waals surface area contributed by atoms with Crippen molar-refractivity contribution in [1.29, 1.82) is 0 Å². The number of phenols is 2. The molecule has 0 aliphatic carbocycles. The first-order valence-electron chi connectivity index (χ1n) is 5.10. The van der Waals surface area contributed by atoms with Crippen molar-refractivity contribution >= 4 is 5.78 Å². The van der Waals surface area contributed by atoms with Gasteiger partial charge in [-0.15, -0.1) is 0 Å². The molecule has 0 heterocycles. The van der Waals surface area contributed by atoms with Crippen molar-refractivity contribution in [2.24, 2.45) is 0 Å². The van der Waals surface area contributed by atoms with Crippen molar-refractivity contribution < 1.29 is 15.0 Å². The Morgan fingerprint density at radius 2 is 1.73 bits per heavy atom. The Bertz CT molecular complexity index is 394. The van der Waals surface area contributed by atoms with E-state index in [2.05, 4.69) is 0 Å². The molecule has 1 rings (SSSR count). The van der Waals surface area contributed by atoms with Crippen molar-refractivity contribution in [3.63, 3.8) is 0 Å². The van der Waals surface area contributed by atoms with Gasteiger partial charge in [0.25, 0.3) is 0 Å². The predicted molar refractivity (Wildman–Crippen MR) is 58.5 cm³/mol. The third-order valence-electron chi connectivity index (χ3n) is 2.58. The van der Waals surface area contributed by atoms with Crippen LogP contribution in [0.2, 0.25) is 0 Å². The van der Waals surface area contributed by atoms with Gasteiger partial charge in [-0.2, -0.15) is 0 Å². The highest BCUT2D eigenvalue weighted by molar-refractivity contribution is 5.97. The molecule has 0 aromatic heterocycles. The number of rotatable bonds is 3. The summed E-state index contributed by atoms with van der Waals surface area (Å²) in [7, 11) is 0. The van der Waals surface area contributed by atoms with Crippen LogP contribution in [-0.4, -0.2) is 16.0 Å². The van der Waals surface area contributed by atoms with Crippen LogP contribution in [0.15, 0.2) is 6.07 Å². The molecule has 0 bridgehead atoms. The summed E-state index contributed by atoms with van der Waals surface area (Å²) in [5.41, 5.74) is 1.59. The van der Waals surface area contributed by atoms with E-state index in [-0.39, 0.29) is 22.8 Å². The summed E-state index contributed by atoms with van der Waals surface area (Å²) in [6.45, 7) is 5.16. The van der Waals surface area contributed by atoms with Crippen molar-refractivity contribution in [2.75, 3.05) is 0 Å². The number of hydrogen-bond acceptors (Lipinski definition) is 3. The zero-order valence-electron chi connectivity index (χ0n) is 9.29. The van der Waals surface area contributed by atoms with E-state index < -0.39 is 0 Å². The minimum atomic E-state index is -0.236. The smallest absolute Gasteiger partial charge is 0.163 e. The number of aromatic hydroxyl groups is 2. The summed E-state index contributed by atoms with van der Waals surface area (Å²) < 4.78 is 0. The number of benzene rings is 1. The van der Waals surface area contributed by atoms with E-state index in [0.29, 0.717) is 18.4 Å². The largest absolute Gasteiger partial charge is 0.508 e. The molecule has 2 N–H and O–H groups in total. The lowest BCUT2D eigenvalue weighted by molar-refractivity contribution is 0.101. The van der Waals surface area contributed by atoms with Gasteiger partial charge in [-0.25, -0.2) is 0 Å². The maximum absolute atomic E-state index is 11.2. The molecule has 3 nitrogen and oxygen atoms in total. The lowest BCUT2D eigenvalue weighted by Gasteiger charge is -2.13. The summed E-state index contributed by atoms with van der Waals surface area (Å²) in [6, 6.07) is 1.34. The highest BCUT2D eigenvalue weighted by Crippen LogP contribution is 2.34. The second-order valence-electron chi connectivity index (χ2n) is 3.51. The van der Waals surface area contributed by atoms with Crippen LogP contribution in [0.25, 0.3) is 0 Å². The third-order valence-corrected chi connectivity index (χ3v) is 2.58. The predicted octanol–water partition coefficient (Wildman–Crippen LogP) is 2.43. The molecular weight excluding hydrogens is 192 g/mol. The Hall–Kier alpha value is -1.51. The Kier molecular flexibility index (Phi) is 3.35. The molecule has 0 aliphatic rings. The maximum Gasteiger partial charge on any atom is 0.163 e. The third kappa shape index (κ3) is 1.96. The fourth-order valence-electron chi connectivity index (χ4n) is 1.80. The number of hydrogen-bond donors (Lipinski definition) is 2. The van der Waals surface area contributed by atoms with Crippen molar-refractivity contribution in [3.05, 3.63) is 22.8 Å². The van der Waals surface area contributed by atoms with Gasteiger partial charge in [-0.3, -0.25) is 4.79 Å². The number of Topliss-reactive ketones (excluding diaryl/α,β-unsaturated/α-hetero) is 1. The van der Waals surface area contributed by atoms with Crippen LogP contribution in [0, 0.1) is 0 Å². The molecule has 0 saturated heterocycles. The summed E-state index contributed by atoms with van der Waals surface area (Å²) in [4.78, 5) is 11.2. The Morgan fingerprint density at radius 1 is 1.20 bits per heavy atom. The fourth-order valence-corrected chi connectivity index (χ4v) is 1.80. The molecule has 82 valence electrons. The van der Waals surface area contributed by atoms with Gasteiger partial charge in [0.15, 0.2) is 5.78 Å². The highest BCUT2D eigenvalue weighted by Gasteiger charge is 2.17. The molecule has 0 atom stereocenters. The Balaban J connectivity index is 3.51. The van der Waals surface area contributed by atoms with E-state index in [1.165, 1.54) is 13.0 Å². The first-order valence-corrected chi connectivity index (χ1v) is 5.10. The second-order valence-corrected chi connectivity index (χ2v) is 3.51. The van der Waals surface area contributed by atoms with E-state index in [1.54, 1.807) is 0 Å². The highest BCUT2D eigenvalue weighted by atomic mass is 16.3. The van der Waals surface area contributed by atoms with Crippen LogP contribution in [0.3, 0.4) is 0 Å². The van der Waals surface area contributed by atoms with Crippen LogP contribution < -0.4 is 0 Å². The van der Waals surface area contributed by atoms with Gasteiger partial charge in [-0.05, 0) is 25.8 Å². The molecule has 3 heteroatoms. The molecule has 15 heavy (non-hydrogen) atoms. The van der Waals surface area contributed by atoms with Gasteiger partial charge in [-0.1, -0.05) is 13.8 Å². The average molecular weight is 208 g/mol. The minimum Gasteiger partial charge on any atom is -0.508 e. The van der Waals surface area contributed by atoms with E-state index in [4.69, 9.17) is 0 Å². The Morgan fingerprint density at radius 3 is 2.13 bits per heavy atom.